The number of carboxylic acid groups (broad SMARTS) is 1. The molecule has 0 radical (unpaired) electrons. The normalized spacial score (nSPS) is 13.3. The van der Waals surface area contributed by atoms with Crippen LogP contribution in [0.4, 0.5) is 0 Å². The molecule has 0 unspecified atom stereocenters. The monoisotopic (exact) mass is 537 g/mol. The van der Waals surface area contributed by atoms with Crippen LogP contribution in [0.1, 0.15) is 24.2 Å². The number of halogens is 2. The summed E-state index contributed by atoms with van der Waals surface area (Å²) >= 11 is 12.0. The fraction of sp³-hybridized carbons (Fsp3) is 0.240. The van der Waals surface area contributed by atoms with E-state index in [1.54, 1.807) is 30.3 Å². The highest BCUT2D eigenvalue weighted by molar-refractivity contribution is 7.91. The first-order chi connectivity index (χ1) is 16.6. The molecule has 0 saturated carbocycles. The Labute approximate surface area is 214 Å². The third-order valence-electron chi connectivity index (χ3n) is 5.23. The fourth-order valence-corrected chi connectivity index (χ4v) is 5.20. The van der Waals surface area contributed by atoms with Crippen molar-refractivity contribution in [3.8, 4) is 5.75 Å². The Balaban J connectivity index is 1.61. The smallest absolute Gasteiger partial charge is 0.341 e. The average Bonchev–Trinajstić information content (AvgIpc) is 2.82. The van der Waals surface area contributed by atoms with Crippen LogP contribution in [0.2, 0.25) is 10.0 Å². The van der Waals surface area contributed by atoms with E-state index >= 15 is 0 Å². The molecule has 2 atom stereocenters. The molecule has 3 rings (SSSR count). The van der Waals surface area contributed by atoms with E-state index in [1.165, 1.54) is 30.3 Å². The van der Waals surface area contributed by atoms with E-state index in [1.807, 2.05) is 13.0 Å². The van der Waals surface area contributed by atoms with E-state index in [-0.39, 0.29) is 26.6 Å². The minimum Gasteiger partial charge on any atom is -0.480 e. The Morgan fingerprint density at radius 1 is 1.03 bits per heavy atom. The average molecular weight is 538 g/mol. The van der Waals surface area contributed by atoms with Crippen LogP contribution in [0.25, 0.3) is 0 Å². The molecule has 7 nitrogen and oxygen atoms in total. The second-order valence-electron chi connectivity index (χ2n) is 8.01. The van der Waals surface area contributed by atoms with Gasteiger partial charge in [0.15, 0.2) is 6.61 Å². The molecule has 10 heteroatoms. The largest absolute Gasteiger partial charge is 0.480 e. The zero-order valence-corrected chi connectivity index (χ0v) is 21.1. The molecule has 0 fully saturated rings. The molecule has 0 aliphatic carbocycles. The quantitative estimate of drug-likeness (QED) is 0.329. The number of hydrogen-bond acceptors (Lipinski definition) is 6. The van der Waals surface area contributed by atoms with Gasteiger partial charge in [-0.1, -0.05) is 47.5 Å². The van der Waals surface area contributed by atoms with E-state index in [4.69, 9.17) is 33.0 Å². The molecule has 0 saturated heterocycles. The molecule has 0 spiro atoms. The molecular formula is C25H25Cl2NO6S. The van der Waals surface area contributed by atoms with Crippen molar-refractivity contribution in [1.29, 1.82) is 0 Å². The predicted molar refractivity (Wildman–Crippen MR) is 134 cm³/mol. The van der Waals surface area contributed by atoms with Crippen molar-refractivity contribution in [2.75, 3.05) is 13.2 Å². The SMILES string of the molecule is C[C@H](Cc1ccc(S(=O)(=O)c2ccc(OCC(=O)O)c(Cl)c2)cc1)NC[C@@H](O)c1cccc(Cl)c1. The lowest BCUT2D eigenvalue weighted by Gasteiger charge is -2.18. The summed E-state index contributed by atoms with van der Waals surface area (Å²) < 4.78 is 31.0. The number of ether oxygens (including phenoxy) is 1. The molecule has 0 amide bonds. The van der Waals surface area contributed by atoms with Gasteiger partial charge in [0.1, 0.15) is 5.75 Å². The van der Waals surface area contributed by atoms with Gasteiger partial charge in [-0.15, -0.1) is 0 Å². The summed E-state index contributed by atoms with van der Waals surface area (Å²) in [6.07, 6.45) is -0.0688. The van der Waals surface area contributed by atoms with Gasteiger partial charge in [-0.25, -0.2) is 13.2 Å². The summed E-state index contributed by atoms with van der Waals surface area (Å²) in [5, 5.41) is 22.9. The molecule has 3 aromatic rings. The fourth-order valence-electron chi connectivity index (χ4n) is 3.42. The predicted octanol–water partition coefficient (Wildman–Crippen LogP) is 4.54. The number of aliphatic hydroxyl groups is 1. The summed E-state index contributed by atoms with van der Waals surface area (Å²) in [4.78, 5) is 10.7. The minimum absolute atomic E-state index is 0.00352. The highest BCUT2D eigenvalue weighted by atomic mass is 35.5. The summed E-state index contributed by atoms with van der Waals surface area (Å²) in [5.41, 5.74) is 1.66. The van der Waals surface area contributed by atoms with E-state index in [9.17, 15) is 18.3 Å². The van der Waals surface area contributed by atoms with E-state index in [0.29, 0.717) is 18.0 Å². The second-order valence-corrected chi connectivity index (χ2v) is 10.8. The molecule has 3 N–H and O–H groups in total. The number of aliphatic hydroxyl groups excluding tert-OH is 1. The first kappa shape index (κ1) is 27.0. The first-order valence-corrected chi connectivity index (χ1v) is 12.9. The first-order valence-electron chi connectivity index (χ1n) is 10.7. The number of hydrogen-bond donors (Lipinski definition) is 3. The summed E-state index contributed by atoms with van der Waals surface area (Å²) in [6.45, 7) is 1.74. The number of sulfone groups is 1. The number of carboxylic acids is 1. The molecule has 0 aliphatic rings. The summed E-state index contributed by atoms with van der Waals surface area (Å²) in [7, 11) is -3.83. The molecule has 0 heterocycles. The number of carbonyl (C=O) groups is 1. The van der Waals surface area contributed by atoms with Gasteiger partial charge in [-0.3, -0.25) is 0 Å². The topological polar surface area (TPSA) is 113 Å². The van der Waals surface area contributed by atoms with Gasteiger partial charge in [-0.2, -0.15) is 0 Å². The maximum absolute atomic E-state index is 13.0. The van der Waals surface area contributed by atoms with Gasteiger partial charge in [0.25, 0.3) is 0 Å². The Morgan fingerprint density at radius 3 is 2.34 bits per heavy atom. The van der Waals surface area contributed by atoms with Crippen LogP contribution < -0.4 is 10.1 Å². The lowest BCUT2D eigenvalue weighted by Crippen LogP contribution is -2.32. The summed E-state index contributed by atoms with van der Waals surface area (Å²) in [5.74, 6) is -1.08. The highest BCUT2D eigenvalue weighted by Crippen LogP contribution is 2.30. The molecular weight excluding hydrogens is 513 g/mol. The highest BCUT2D eigenvalue weighted by Gasteiger charge is 2.20. The van der Waals surface area contributed by atoms with Crippen molar-refractivity contribution in [3.63, 3.8) is 0 Å². The lowest BCUT2D eigenvalue weighted by atomic mass is 10.1. The summed E-state index contributed by atoms with van der Waals surface area (Å²) in [6, 6.07) is 17.5. The van der Waals surface area contributed by atoms with Crippen molar-refractivity contribution in [2.24, 2.45) is 0 Å². The van der Waals surface area contributed by atoms with Crippen LogP contribution in [0.5, 0.6) is 5.75 Å². The zero-order valence-electron chi connectivity index (χ0n) is 18.8. The lowest BCUT2D eigenvalue weighted by molar-refractivity contribution is -0.139. The molecule has 0 aliphatic heterocycles. The molecule has 3 aromatic carbocycles. The zero-order chi connectivity index (χ0) is 25.6. The van der Waals surface area contributed by atoms with Crippen molar-refractivity contribution < 1.29 is 28.2 Å². The third kappa shape index (κ3) is 7.43. The van der Waals surface area contributed by atoms with Gasteiger partial charge in [0, 0.05) is 17.6 Å². The number of nitrogens with one attached hydrogen (secondary N) is 1. The Hall–Kier alpha value is -2.62. The van der Waals surface area contributed by atoms with Crippen LogP contribution >= 0.6 is 23.2 Å². The minimum atomic E-state index is -3.83. The van der Waals surface area contributed by atoms with E-state index in [0.717, 1.165) is 11.1 Å². The Bertz CT molecular complexity index is 1280. The Morgan fingerprint density at radius 2 is 1.71 bits per heavy atom. The number of aliphatic carboxylic acids is 1. The van der Waals surface area contributed by atoms with Crippen molar-refractivity contribution >= 4 is 39.0 Å². The number of benzene rings is 3. The van der Waals surface area contributed by atoms with Gasteiger partial charge in [0.05, 0.1) is 20.9 Å². The van der Waals surface area contributed by atoms with Crippen LogP contribution in [0.3, 0.4) is 0 Å². The van der Waals surface area contributed by atoms with Gasteiger partial charge >= 0.3 is 5.97 Å². The van der Waals surface area contributed by atoms with E-state index in [2.05, 4.69) is 5.32 Å². The Kier molecular flexibility index (Phi) is 9.15. The maximum atomic E-state index is 13.0. The van der Waals surface area contributed by atoms with Crippen LogP contribution in [0, 0.1) is 0 Å². The number of rotatable bonds is 11. The third-order valence-corrected chi connectivity index (χ3v) is 7.53. The van der Waals surface area contributed by atoms with Crippen molar-refractivity contribution in [1.82, 2.24) is 5.32 Å². The van der Waals surface area contributed by atoms with Crippen LogP contribution in [-0.4, -0.2) is 43.8 Å². The van der Waals surface area contributed by atoms with Gasteiger partial charge < -0.3 is 20.3 Å². The van der Waals surface area contributed by atoms with Crippen molar-refractivity contribution in [3.05, 3.63) is 87.9 Å². The van der Waals surface area contributed by atoms with Crippen LogP contribution in [0.15, 0.2) is 76.5 Å². The van der Waals surface area contributed by atoms with Crippen molar-refractivity contribution in [2.45, 2.75) is 35.3 Å². The molecule has 35 heavy (non-hydrogen) atoms. The molecule has 0 aromatic heterocycles. The standard InChI is InChI=1S/C25H25Cl2NO6S/c1-16(28-14-23(29)18-3-2-4-19(26)12-18)11-17-5-7-20(8-6-17)35(32,33)21-9-10-24(22(27)13-21)34-15-25(30)31/h2-10,12-13,16,23,28-29H,11,14-15H2,1H3,(H,30,31)/t16-,23-/m1/s1. The van der Waals surface area contributed by atoms with Gasteiger partial charge in [0.2, 0.25) is 9.84 Å². The second kappa shape index (κ2) is 11.9. The van der Waals surface area contributed by atoms with Gasteiger partial charge in [-0.05, 0) is 66.9 Å². The maximum Gasteiger partial charge on any atom is 0.341 e. The molecule has 0 bridgehead atoms. The van der Waals surface area contributed by atoms with E-state index < -0.39 is 28.5 Å². The van der Waals surface area contributed by atoms with Crippen LogP contribution in [-0.2, 0) is 21.1 Å². The molecule has 186 valence electrons.